The van der Waals surface area contributed by atoms with Crippen molar-refractivity contribution in [3.05, 3.63) is 30.1 Å². The van der Waals surface area contributed by atoms with E-state index in [1.807, 2.05) is 0 Å². The number of carbonyl (C=O) groups is 1. The lowest BCUT2D eigenvalue weighted by atomic mass is 10.3. The Kier molecular flexibility index (Phi) is 4.84. The van der Waals surface area contributed by atoms with Crippen molar-refractivity contribution in [2.75, 3.05) is 24.9 Å². The fourth-order valence-electron chi connectivity index (χ4n) is 1.36. The monoisotopic (exact) mass is 290 g/mol. The van der Waals surface area contributed by atoms with Crippen LogP contribution in [-0.2, 0) is 15.0 Å². The maximum Gasteiger partial charge on any atom is 0.304 e. The first-order valence-electron chi connectivity index (χ1n) is 5.42. The molecule has 0 fully saturated rings. The number of hydrogen-bond acceptors (Lipinski definition) is 3. The average Bonchev–Trinajstić information content (AvgIpc) is 2.35. The summed E-state index contributed by atoms with van der Waals surface area (Å²) in [6, 6.07) is 4.97. The van der Waals surface area contributed by atoms with Gasteiger partial charge in [-0.3, -0.25) is 9.10 Å². The van der Waals surface area contributed by atoms with Gasteiger partial charge >= 0.3 is 16.2 Å². The molecule has 1 aromatic carbocycles. The van der Waals surface area contributed by atoms with Gasteiger partial charge in [-0.1, -0.05) is 0 Å². The van der Waals surface area contributed by atoms with Crippen LogP contribution in [0.5, 0.6) is 0 Å². The fourth-order valence-corrected chi connectivity index (χ4v) is 2.49. The van der Waals surface area contributed by atoms with Gasteiger partial charge in [0, 0.05) is 20.6 Å². The molecule has 0 atom stereocenters. The van der Waals surface area contributed by atoms with Crippen LogP contribution >= 0.6 is 0 Å². The Bertz CT molecular complexity index is 544. The minimum absolute atomic E-state index is 0.136. The SMILES string of the molecule is CN(CCC(=O)O)S(=O)(=O)N(C)c1ccc(F)cc1. The molecule has 0 radical (unpaired) electrons. The molecule has 1 N–H and O–H groups in total. The zero-order chi connectivity index (χ0) is 14.6. The van der Waals surface area contributed by atoms with Crippen molar-refractivity contribution in [3.8, 4) is 0 Å². The van der Waals surface area contributed by atoms with E-state index in [1.165, 1.54) is 26.2 Å². The lowest BCUT2D eigenvalue weighted by Crippen LogP contribution is -2.40. The lowest BCUT2D eigenvalue weighted by molar-refractivity contribution is -0.137. The molecule has 1 aromatic rings. The molecule has 0 aliphatic rings. The van der Waals surface area contributed by atoms with Crippen LogP contribution in [0.1, 0.15) is 6.42 Å². The Morgan fingerprint density at radius 1 is 1.26 bits per heavy atom. The first-order chi connectivity index (χ1) is 8.75. The Labute approximate surface area is 111 Å². The molecule has 1 rings (SSSR count). The van der Waals surface area contributed by atoms with E-state index in [-0.39, 0.29) is 13.0 Å². The van der Waals surface area contributed by atoms with Crippen LogP contribution in [0.25, 0.3) is 0 Å². The molecular weight excluding hydrogens is 275 g/mol. The van der Waals surface area contributed by atoms with E-state index in [9.17, 15) is 17.6 Å². The maximum atomic E-state index is 12.8. The molecule has 0 unspecified atom stereocenters. The highest BCUT2D eigenvalue weighted by Crippen LogP contribution is 2.18. The number of halogens is 1. The number of anilines is 1. The second-order valence-corrected chi connectivity index (χ2v) is 5.98. The first-order valence-corrected chi connectivity index (χ1v) is 6.82. The zero-order valence-corrected chi connectivity index (χ0v) is 11.4. The second kappa shape index (κ2) is 5.98. The van der Waals surface area contributed by atoms with Crippen molar-refractivity contribution in [2.45, 2.75) is 6.42 Å². The zero-order valence-electron chi connectivity index (χ0n) is 10.6. The van der Waals surface area contributed by atoms with E-state index in [0.717, 1.165) is 20.7 Å². The van der Waals surface area contributed by atoms with Crippen LogP contribution in [0.3, 0.4) is 0 Å². The molecule has 0 saturated heterocycles. The van der Waals surface area contributed by atoms with Crippen LogP contribution in [0.4, 0.5) is 10.1 Å². The third-order valence-electron chi connectivity index (χ3n) is 2.57. The van der Waals surface area contributed by atoms with Gasteiger partial charge in [0.2, 0.25) is 0 Å². The van der Waals surface area contributed by atoms with Crippen LogP contribution in [0.15, 0.2) is 24.3 Å². The number of carboxylic acids is 1. The maximum absolute atomic E-state index is 12.8. The van der Waals surface area contributed by atoms with Crippen LogP contribution in [0, 0.1) is 5.82 Å². The summed E-state index contributed by atoms with van der Waals surface area (Å²) in [6.45, 7) is -0.136. The molecule has 19 heavy (non-hydrogen) atoms. The van der Waals surface area contributed by atoms with E-state index in [4.69, 9.17) is 5.11 Å². The number of benzene rings is 1. The number of carboxylic acid groups (broad SMARTS) is 1. The molecule has 0 bridgehead atoms. The average molecular weight is 290 g/mol. The molecule has 0 aliphatic carbocycles. The predicted octanol–water partition coefficient (Wildman–Crippen LogP) is 0.913. The standard InChI is InChI=1S/C11H15FN2O4S/c1-13(8-7-11(15)16)19(17,18)14(2)10-5-3-9(12)4-6-10/h3-6H,7-8H2,1-2H3,(H,15,16). The van der Waals surface area contributed by atoms with Gasteiger partial charge in [-0.15, -0.1) is 0 Å². The van der Waals surface area contributed by atoms with Crippen molar-refractivity contribution in [1.82, 2.24) is 4.31 Å². The van der Waals surface area contributed by atoms with Gasteiger partial charge in [0.05, 0.1) is 12.1 Å². The largest absolute Gasteiger partial charge is 0.481 e. The molecule has 0 saturated carbocycles. The van der Waals surface area contributed by atoms with E-state index in [2.05, 4.69) is 0 Å². The summed E-state index contributed by atoms with van der Waals surface area (Å²) >= 11 is 0. The van der Waals surface area contributed by atoms with Gasteiger partial charge in [0.15, 0.2) is 0 Å². The van der Waals surface area contributed by atoms with Crippen molar-refractivity contribution in [2.24, 2.45) is 0 Å². The Morgan fingerprint density at radius 3 is 2.26 bits per heavy atom. The molecule has 8 heteroatoms. The molecule has 0 aromatic heterocycles. The number of nitrogens with zero attached hydrogens (tertiary/aromatic N) is 2. The van der Waals surface area contributed by atoms with E-state index < -0.39 is 22.0 Å². The van der Waals surface area contributed by atoms with Crippen molar-refractivity contribution in [3.63, 3.8) is 0 Å². The summed E-state index contributed by atoms with van der Waals surface area (Å²) in [5.74, 6) is -1.54. The topological polar surface area (TPSA) is 77.9 Å². The van der Waals surface area contributed by atoms with E-state index in [1.54, 1.807) is 0 Å². The molecule has 0 heterocycles. The van der Waals surface area contributed by atoms with Crippen LogP contribution in [0.2, 0.25) is 0 Å². The summed E-state index contributed by atoms with van der Waals surface area (Å²) in [4.78, 5) is 10.4. The Hall–Kier alpha value is -1.67. The number of rotatable bonds is 6. The molecule has 106 valence electrons. The van der Waals surface area contributed by atoms with Gasteiger partial charge < -0.3 is 5.11 Å². The summed E-state index contributed by atoms with van der Waals surface area (Å²) in [7, 11) is -1.21. The second-order valence-electron chi connectivity index (χ2n) is 3.92. The van der Waals surface area contributed by atoms with Gasteiger partial charge in [0.25, 0.3) is 0 Å². The summed E-state index contributed by atoms with van der Waals surface area (Å²) in [6.07, 6.45) is -0.285. The quantitative estimate of drug-likeness (QED) is 0.845. The first kappa shape index (κ1) is 15.4. The molecular formula is C11H15FN2O4S. The fraction of sp³-hybridized carbons (Fsp3) is 0.364. The molecule has 0 spiro atoms. The van der Waals surface area contributed by atoms with Gasteiger partial charge in [-0.05, 0) is 24.3 Å². The third-order valence-corrected chi connectivity index (χ3v) is 4.44. The molecule has 0 amide bonds. The molecule has 6 nitrogen and oxygen atoms in total. The minimum Gasteiger partial charge on any atom is -0.481 e. The van der Waals surface area contributed by atoms with Crippen LogP contribution in [-0.4, -0.2) is 44.4 Å². The smallest absolute Gasteiger partial charge is 0.304 e. The minimum atomic E-state index is -3.82. The van der Waals surface area contributed by atoms with Crippen LogP contribution < -0.4 is 4.31 Å². The van der Waals surface area contributed by atoms with Crippen molar-refractivity contribution < 1.29 is 22.7 Å². The predicted molar refractivity (Wildman–Crippen MR) is 68.6 cm³/mol. The Balaban J connectivity index is 2.87. The van der Waals surface area contributed by atoms with Gasteiger partial charge in [-0.2, -0.15) is 12.7 Å². The highest BCUT2D eigenvalue weighted by atomic mass is 32.2. The summed E-state index contributed by atoms with van der Waals surface area (Å²) < 4.78 is 38.9. The normalized spacial score (nSPS) is 11.6. The highest BCUT2D eigenvalue weighted by molar-refractivity contribution is 7.90. The van der Waals surface area contributed by atoms with E-state index >= 15 is 0 Å². The van der Waals surface area contributed by atoms with E-state index in [0.29, 0.717) is 5.69 Å². The number of hydrogen-bond donors (Lipinski definition) is 1. The Morgan fingerprint density at radius 2 is 1.79 bits per heavy atom. The summed E-state index contributed by atoms with van der Waals surface area (Å²) in [5, 5.41) is 8.54. The third kappa shape index (κ3) is 3.90. The number of aliphatic carboxylic acids is 1. The van der Waals surface area contributed by atoms with Crippen molar-refractivity contribution >= 4 is 21.9 Å². The lowest BCUT2D eigenvalue weighted by Gasteiger charge is -2.25. The molecule has 0 aliphatic heterocycles. The summed E-state index contributed by atoms with van der Waals surface area (Å²) in [5.41, 5.74) is 0.295. The highest BCUT2D eigenvalue weighted by Gasteiger charge is 2.24. The van der Waals surface area contributed by atoms with Gasteiger partial charge in [0.1, 0.15) is 5.82 Å². The van der Waals surface area contributed by atoms with Gasteiger partial charge in [-0.25, -0.2) is 4.39 Å². The van der Waals surface area contributed by atoms with Crippen molar-refractivity contribution in [1.29, 1.82) is 0 Å².